The van der Waals surface area contributed by atoms with Crippen molar-refractivity contribution in [1.29, 1.82) is 0 Å². The van der Waals surface area contributed by atoms with Gasteiger partial charge in [0.05, 0.1) is 11.6 Å². The van der Waals surface area contributed by atoms with Gasteiger partial charge in [-0.2, -0.15) is 0 Å². The summed E-state index contributed by atoms with van der Waals surface area (Å²) in [4.78, 5) is 19.9. The fourth-order valence-electron chi connectivity index (χ4n) is 1.85. The van der Waals surface area contributed by atoms with E-state index in [9.17, 15) is 4.79 Å². The van der Waals surface area contributed by atoms with Gasteiger partial charge in [-0.15, -0.1) is 11.3 Å². The van der Waals surface area contributed by atoms with E-state index in [1.807, 2.05) is 12.3 Å². The summed E-state index contributed by atoms with van der Waals surface area (Å²) in [6.45, 7) is 1.91. The number of aromatic nitrogens is 2. The third kappa shape index (κ3) is 1.95. The van der Waals surface area contributed by atoms with Gasteiger partial charge in [-0.05, 0) is 41.1 Å². The van der Waals surface area contributed by atoms with Gasteiger partial charge in [0.15, 0.2) is 5.22 Å². The molecular formula is C12H9ClN2O2S. The molecule has 0 spiro atoms. The van der Waals surface area contributed by atoms with Crippen LogP contribution in [0.4, 0.5) is 0 Å². The average molecular weight is 281 g/mol. The molecule has 3 heterocycles. The molecule has 6 heteroatoms. The number of halogens is 1. The van der Waals surface area contributed by atoms with Crippen LogP contribution in [0.15, 0.2) is 26.9 Å². The van der Waals surface area contributed by atoms with E-state index in [0.29, 0.717) is 22.9 Å². The Morgan fingerprint density at radius 3 is 3.11 bits per heavy atom. The van der Waals surface area contributed by atoms with Crippen LogP contribution in [0, 0.1) is 6.92 Å². The minimum atomic E-state index is -0.0941. The summed E-state index contributed by atoms with van der Waals surface area (Å²) in [7, 11) is 0. The molecule has 0 radical (unpaired) electrons. The number of aryl methyl sites for hydroxylation is 1. The summed E-state index contributed by atoms with van der Waals surface area (Å²) < 4.78 is 5.01. The minimum Gasteiger partial charge on any atom is -0.453 e. The van der Waals surface area contributed by atoms with Crippen LogP contribution in [-0.2, 0) is 6.42 Å². The number of hydrogen-bond acceptors (Lipinski definition) is 4. The topological polar surface area (TPSA) is 58.9 Å². The lowest BCUT2D eigenvalue weighted by atomic mass is 10.2. The first-order chi connectivity index (χ1) is 8.63. The van der Waals surface area contributed by atoms with Gasteiger partial charge in [-0.25, -0.2) is 4.98 Å². The second-order valence-corrected chi connectivity index (χ2v) is 5.28. The Bertz CT molecular complexity index is 772. The maximum Gasteiger partial charge on any atom is 0.259 e. The maximum atomic E-state index is 11.9. The van der Waals surface area contributed by atoms with Crippen molar-refractivity contribution < 1.29 is 4.42 Å². The van der Waals surface area contributed by atoms with Crippen molar-refractivity contribution in [3.05, 3.63) is 50.2 Å². The number of aromatic amines is 1. The second-order valence-electron chi connectivity index (χ2n) is 4.05. The number of nitrogens with zero attached hydrogens (tertiary/aromatic N) is 1. The Hall–Kier alpha value is -1.59. The molecular weight excluding hydrogens is 272 g/mol. The van der Waals surface area contributed by atoms with Crippen LogP contribution < -0.4 is 5.56 Å². The number of nitrogens with one attached hydrogen (secondary N) is 1. The van der Waals surface area contributed by atoms with Crippen LogP contribution in [0.3, 0.4) is 0 Å². The SMILES string of the molecule is Cc1csc2nc(Cc3coc(Cl)c3)[nH]c(=O)c12. The highest BCUT2D eigenvalue weighted by Crippen LogP contribution is 2.21. The summed E-state index contributed by atoms with van der Waals surface area (Å²) in [5.41, 5.74) is 1.75. The van der Waals surface area contributed by atoms with Crippen molar-refractivity contribution in [1.82, 2.24) is 9.97 Å². The van der Waals surface area contributed by atoms with Crippen molar-refractivity contribution in [3.63, 3.8) is 0 Å². The molecule has 0 bridgehead atoms. The Balaban J connectivity index is 2.05. The molecule has 0 atom stereocenters. The molecule has 0 aliphatic rings. The molecule has 0 saturated heterocycles. The lowest BCUT2D eigenvalue weighted by molar-refractivity contribution is 0.566. The monoisotopic (exact) mass is 280 g/mol. The van der Waals surface area contributed by atoms with E-state index >= 15 is 0 Å². The first-order valence-electron chi connectivity index (χ1n) is 5.33. The highest BCUT2D eigenvalue weighted by atomic mass is 35.5. The third-order valence-corrected chi connectivity index (χ3v) is 3.86. The molecule has 0 aromatic carbocycles. The molecule has 92 valence electrons. The fraction of sp³-hybridized carbons (Fsp3) is 0.167. The second kappa shape index (κ2) is 4.26. The van der Waals surface area contributed by atoms with Crippen molar-refractivity contribution in [2.45, 2.75) is 13.3 Å². The third-order valence-electron chi connectivity index (χ3n) is 2.67. The van der Waals surface area contributed by atoms with Crippen LogP contribution >= 0.6 is 22.9 Å². The highest BCUT2D eigenvalue weighted by Gasteiger charge is 2.09. The van der Waals surface area contributed by atoms with E-state index in [1.54, 1.807) is 12.3 Å². The lowest BCUT2D eigenvalue weighted by Gasteiger charge is -1.98. The van der Waals surface area contributed by atoms with E-state index in [0.717, 1.165) is 16.0 Å². The standard InChI is InChI=1S/C12H9ClN2O2S/c1-6-5-18-12-10(6)11(16)14-9(15-12)3-7-2-8(13)17-4-7/h2,4-5H,3H2,1H3,(H,14,15,16). The van der Waals surface area contributed by atoms with Crippen molar-refractivity contribution >= 4 is 33.2 Å². The smallest absolute Gasteiger partial charge is 0.259 e. The van der Waals surface area contributed by atoms with Crippen LogP contribution in [0.2, 0.25) is 5.22 Å². The van der Waals surface area contributed by atoms with Crippen molar-refractivity contribution in [2.24, 2.45) is 0 Å². The molecule has 3 rings (SSSR count). The average Bonchev–Trinajstić information content (AvgIpc) is 2.86. The van der Waals surface area contributed by atoms with Gasteiger partial charge in [-0.1, -0.05) is 0 Å². The van der Waals surface area contributed by atoms with Gasteiger partial charge in [0.1, 0.15) is 10.7 Å². The molecule has 0 amide bonds. The molecule has 18 heavy (non-hydrogen) atoms. The van der Waals surface area contributed by atoms with Crippen LogP contribution in [0.5, 0.6) is 0 Å². The number of hydrogen-bond donors (Lipinski definition) is 1. The van der Waals surface area contributed by atoms with E-state index in [1.165, 1.54) is 11.3 Å². The van der Waals surface area contributed by atoms with Crippen LogP contribution in [-0.4, -0.2) is 9.97 Å². The van der Waals surface area contributed by atoms with Gasteiger partial charge < -0.3 is 9.40 Å². The normalized spacial score (nSPS) is 11.2. The largest absolute Gasteiger partial charge is 0.453 e. The number of H-pyrrole nitrogens is 1. The summed E-state index contributed by atoms with van der Waals surface area (Å²) in [6, 6.07) is 1.71. The molecule has 4 nitrogen and oxygen atoms in total. The zero-order chi connectivity index (χ0) is 12.7. The zero-order valence-corrected chi connectivity index (χ0v) is 11.1. The Morgan fingerprint density at radius 2 is 2.39 bits per heavy atom. The molecule has 3 aromatic rings. The molecule has 0 unspecified atom stereocenters. The van der Waals surface area contributed by atoms with Gasteiger partial charge in [0, 0.05) is 6.42 Å². The number of furan rings is 1. The van der Waals surface area contributed by atoms with Crippen molar-refractivity contribution in [3.8, 4) is 0 Å². The quantitative estimate of drug-likeness (QED) is 0.784. The summed E-state index contributed by atoms with van der Waals surface area (Å²) >= 11 is 7.18. The molecule has 0 saturated carbocycles. The molecule has 3 aromatic heterocycles. The first kappa shape index (κ1) is 11.5. The Morgan fingerprint density at radius 1 is 1.56 bits per heavy atom. The van der Waals surface area contributed by atoms with E-state index in [4.69, 9.17) is 16.0 Å². The predicted octanol–water partition coefficient (Wildman–Crippen LogP) is 3.13. The van der Waals surface area contributed by atoms with Gasteiger partial charge in [0.25, 0.3) is 5.56 Å². The molecule has 0 aliphatic carbocycles. The van der Waals surface area contributed by atoms with Gasteiger partial charge in [-0.3, -0.25) is 4.79 Å². The lowest BCUT2D eigenvalue weighted by Crippen LogP contribution is -2.11. The van der Waals surface area contributed by atoms with Gasteiger partial charge in [0.2, 0.25) is 0 Å². The Labute approximate surface area is 111 Å². The summed E-state index contributed by atoms with van der Waals surface area (Å²) in [6.07, 6.45) is 2.06. The van der Waals surface area contributed by atoms with Crippen molar-refractivity contribution in [2.75, 3.05) is 0 Å². The minimum absolute atomic E-state index is 0.0941. The van der Waals surface area contributed by atoms with E-state index in [-0.39, 0.29) is 5.56 Å². The first-order valence-corrected chi connectivity index (χ1v) is 6.59. The summed E-state index contributed by atoms with van der Waals surface area (Å²) in [5.74, 6) is 0.617. The van der Waals surface area contributed by atoms with Crippen LogP contribution in [0.25, 0.3) is 10.2 Å². The van der Waals surface area contributed by atoms with E-state index in [2.05, 4.69) is 9.97 Å². The number of fused-ring (bicyclic) bond motifs is 1. The maximum absolute atomic E-state index is 11.9. The molecule has 1 N–H and O–H groups in total. The molecule has 0 fully saturated rings. The number of thiophene rings is 1. The molecule has 0 aliphatic heterocycles. The summed E-state index contributed by atoms with van der Waals surface area (Å²) in [5, 5.41) is 2.94. The highest BCUT2D eigenvalue weighted by molar-refractivity contribution is 7.16. The Kier molecular flexibility index (Phi) is 2.72. The predicted molar refractivity (Wildman–Crippen MR) is 71.5 cm³/mol. The zero-order valence-electron chi connectivity index (χ0n) is 9.49. The van der Waals surface area contributed by atoms with Crippen LogP contribution in [0.1, 0.15) is 17.0 Å². The number of rotatable bonds is 2. The van der Waals surface area contributed by atoms with E-state index < -0.39 is 0 Å². The van der Waals surface area contributed by atoms with Gasteiger partial charge >= 0.3 is 0 Å². The fourth-order valence-corrected chi connectivity index (χ4v) is 2.97.